The summed E-state index contributed by atoms with van der Waals surface area (Å²) in [6, 6.07) is 12.0. The molecular formula is C26H37NO9. The topological polar surface area (TPSA) is 109 Å². The van der Waals surface area contributed by atoms with E-state index in [9.17, 15) is 0 Å². The summed E-state index contributed by atoms with van der Waals surface area (Å²) in [7, 11) is 3.17. The summed E-state index contributed by atoms with van der Waals surface area (Å²) in [5, 5.41) is 2.15. The fraction of sp³-hybridized carbons (Fsp3) is 0.615. The summed E-state index contributed by atoms with van der Waals surface area (Å²) in [5.41, 5.74) is 5.91. The number of methoxy groups -OCH3 is 2. The molecule has 2 heterocycles. The summed E-state index contributed by atoms with van der Waals surface area (Å²) in [4.78, 5) is 0. The second-order valence-electron chi connectivity index (χ2n) is 8.45. The molecule has 0 amide bonds. The highest BCUT2D eigenvalue weighted by Crippen LogP contribution is 2.33. The van der Waals surface area contributed by atoms with Gasteiger partial charge in [0.25, 0.3) is 0 Å². The lowest BCUT2D eigenvalue weighted by Crippen LogP contribution is -2.62. The summed E-state index contributed by atoms with van der Waals surface area (Å²) in [6.07, 6.45) is -2.43. The quantitative estimate of drug-likeness (QED) is 0.660. The van der Waals surface area contributed by atoms with Crippen molar-refractivity contribution in [3.05, 3.63) is 36.4 Å². The molecule has 36 heavy (non-hydrogen) atoms. The molecule has 2 aromatic rings. The first-order chi connectivity index (χ1) is 17.7. The molecule has 2 aromatic carbocycles. The molecule has 0 spiro atoms. The van der Waals surface area contributed by atoms with Crippen LogP contribution in [0.25, 0.3) is 10.8 Å². The van der Waals surface area contributed by atoms with E-state index in [1.54, 1.807) is 14.2 Å². The van der Waals surface area contributed by atoms with Gasteiger partial charge in [-0.25, -0.2) is 0 Å². The van der Waals surface area contributed by atoms with Crippen molar-refractivity contribution in [2.45, 2.75) is 30.7 Å². The van der Waals surface area contributed by atoms with Gasteiger partial charge in [-0.1, -0.05) is 24.3 Å². The van der Waals surface area contributed by atoms with Gasteiger partial charge in [-0.15, -0.1) is 0 Å². The lowest BCUT2D eigenvalue weighted by Gasteiger charge is -2.44. The molecule has 4 rings (SSSR count). The Kier molecular flexibility index (Phi) is 10.6. The Bertz CT molecular complexity index is 929. The number of nitrogens with two attached hydrogens (primary N) is 1. The molecule has 2 aliphatic heterocycles. The molecule has 0 aromatic heterocycles. The van der Waals surface area contributed by atoms with Crippen molar-refractivity contribution in [2.75, 3.05) is 73.6 Å². The SMILES string of the molecule is CO[C@H]1O[C@H](CN)[C@@H](OC)[C@@H]2OCCOCCOc3cc4ccccc4cc3OCCOCCO[C@@H]12. The first-order valence-electron chi connectivity index (χ1n) is 12.3. The third kappa shape index (κ3) is 6.84. The van der Waals surface area contributed by atoms with Gasteiger partial charge in [0.05, 0.1) is 39.6 Å². The van der Waals surface area contributed by atoms with Crippen LogP contribution in [0.15, 0.2) is 36.4 Å². The molecule has 10 nitrogen and oxygen atoms in total. The van der Waals surface area contributed by atoms with Gasteiger partial charge in [0, 0.05) is 20.8 Å². The van der Waals surface area contributed by atoms with Crippen molar-refractivity contribution in [2.24, 2.45) is 5.73 Å². The molecular weight excluding hydrogens is 470 g/mol. The first-order valence-corrected chi connectivity index (χ1v) is 12.3. The van der Waals surface area contributed by atoms with Gasteiger partial charge in [0.2, 0.25) is 0 Å². The van der Waals surface area contributed by atoms with Crippen molar-refractivity contribution in [1.29, 1.82) is 0 Å². The molecule has 0 bridgehead atoms. The number of ether oxygens (including phenoxy) is 9. The Labute approximate surface area is 211 Å². The van der Waals surface area contributed by atoms with E-state index in [4.69, 9.17) is 48.4 Å². The summed E-state index contributed by atoms with van der Waals surface area (Å²) in [5.74, 6) is 1.34. The van der Waals surface area contributed by atoms with Gasteiger partial charge in [-0.05, 0) is 22.9 Å². The van der Waals surface area contributed by atoms with E-state index in [2.05, 4.69) is 0 Å². The molecule has 1 fully saturated rings. The number of benzene rings is 2. The minimum atomic E-state index is -0.649. The largest absolute Gasteiger partial charge is 0.487 e. The Hall–Kier alpha value is -2.02. The van der Waals surface area contributed by atoms with Crippen LogP contribution in [0.1, 0.15) is 0 Å². The van der Waals surface area contributed by atoms with Crippen LogP contribution in [0.5, 0.6) is 11.5 Å². The van der Waals surface area contributed by atoms with Crippen molar-refractivity contribution < 1.29 is 42.6 Å². The van der Waals surface area contributed by atoms with E-state index < -0.39 is 24.6 Å². The van der Waals surface area contributed by atoms with Crippen LogP contribution in [0.3, 0.4) is 0 Å². The van der Waals surface area contributed by atoms with Gasteiger partial charge in [-0.3, -0.25) is 0 Å². The van der Waals surface area contributed by atoms with Crippen molar-refractivity contribution in [3.8, 4) is 11.5 Å². The number of hydrogen-bond donors (Lipinski definition) is 1. The van der Waals surface area contributed by atoms with Gasteiger partial charge < -0.3 is 48.4 Å². The molecule has 0 unspecified atom stereocenters. The Morgan fingerprint density at radius 3 is 1.83 bits per heavy atom. The average molecular weight is 508 g/mol. The monoisotopic (exact) mass is 507 g/mol. The highest BCUT2D eigenvalue weighted by molar-refractivity contribution is 5.86. The molecule has 2 N–H and O–H groups in total. The fourth-order valence-corrected chi connectivity index (χ4v) is 4.44. The zero-order valence-corrected chi connectivity index (χ0v) is 21.0. The van der Waals surface area contributed by atoms with Crippen LogP contribution in [-0.2, 0) is 33.2 Å². The molecule has 0 radical (unpaired) electrons. The Balaban J connectivity index is 1.42. The second-order valence-corrected chi connectivity index (χ2v) is 8.45. The zero-order chi connectivity index (χ0) is 25.2. The lowest BCUT2D eigenvalue weighted by atomic mass is 9.98. The standard InChI is InChI=1S/C26H37NO9/c1-28-23-22(17-27)36-26(29-2)25-24(23)34-13-9-30-7-11-32-20-15-18-5-3-4-6-19(18)16-21(20)33-12-8-31-10-14-35-25/h3-6,15-16,22-26H,7-14,17,27H2,1-2H3/t22-,23-,24+,25-,26+/m1/s1. The van der Waals surface area contributed by atoms with Gasteiger partial charge in [-0.2, -0.15) is 0 Å². The maximum atomic E-state index is 6.17. The maximum Gasteiger partial charge on any atom is 0.186 e. The summed E-state index contributed by atoms with van der Waals surface area (Å²) < 4.78 is 53.0. The Morgan fingerprint density at radius 2 is 1.31 bits per heavy atom. The normalized spacial score (nSPS) is 29.1. The predicted octanol–water partition coefficient (Wildman–Crippen LogP) is 1.76. The average Bonchev–Trinajstić information content (AvgIpc) is 2.91. The molecule has 0 aliphatic carbocycles. The van der Waals surface area contributed by atoms with Crippen LogP contribution in [-0.4, -0.2) is 104 Å². The fourth-order valence-electron chi connectivity index (χ4n) is 4.44. The van der Waals surface area contributed by atoms with Crippen LogP contribution in [0.2, 0.25) is 0 Å². The molecule has 1 saturated heterocycles. The maximum absolute atomic E-state index is 6.17. The van der Waals surface area contributed by atoms with Crippen molar-refractivity contribution in [3.63, 3.8) is 0 Å². The van der Waals surface area contributed by atoms with Gasteiger partial charge in [0.1, 0.15) is 37.6 Å². The lowest BCUT2D eigenvalue weighted by molar-refractivity contribution is -0.309. The Morgan fingerprint density at radius 1 is 0.750 bits per heavy atom. The summed E-state index contributed by atoms with van der Waals surface area (Å²) in [6.45, 7) is 3.18. The minimum absolute atomic E-state index is 0.263. The molecule has 10 heteroatoms. The van der Waals surface area contributed by atoms with Crippen LogP contribution < -0.4 is 15.2 Å². The van der Waals surface area contributed by atoms with E-state index in [0.29, 0.717) is 64.4 Å². The van der Waals surface area contributed by atoms with Crippen LogP contribution in [0, 0.1) is 0 Å². The second kappa shape index (κ2) is 14.1. The number of rotatable bonds is 3. The van der Waals surface area contributed by atoms with E-state index in [1.807, 2.05) is 36.4 Å². The van der Waals surface area contributed by atoms with Crippen molar-refractivity contribution in [1.82, 2.24) is 0 Å². The van der Waals surface area contributed by atoms with Crippen molar-refractivity contribution >= 4 is 10.8 Å². The third-order valence-corrected chi connectivity index (χ3v) is 6.19. The zero-order valence-electron chi connectivity index (χ0n) is 21.0. The van der Waals surface area contributed by atoms with E-state index in [0.717, 1.165) is 10.8 Å². The molecule has 200 valence electrons. The summed E-state index contributed by atoms with van der Waals surface area (Å²) >= 11 is 0. The minimum Gasteiger partial charge on any atom is -0.487 e. The van der Waals surface area contributed by atoms with E-state index in [-0.39, 0.29) is 12.6 Å². The predicted molar refractivity (Wildman–Crippen MR) is 132 cm³/mol. The van der Waals surface area contributed by atoms with Gasteiger partial charge >= 0.3 is 0 Å². The highest BCUT2D eigenvalue weighted by Gasteiger charge is 2.47. The van der Waals surface area contributed by atoms with Gasteiger partial charge in [0.15, 0.2) is 17.8 Å². The van der Waals surface area contributed by atoms with E-state index in [1.165, 1.54) is 0 Å². The molecule has 2 aliphatic rings. The third-order valence-electron chi connectivity index (χ3n) is 6.19. The van der Waals surface area contributed by atoms with Crippen LogP contribution in [0.4, 0.5) is 0 Å². The number of hydrogen-bond acceptors (Lipinski definition) is 10. The first kappa shape index (κ1) is 27.0. The smallest absolute Gasteiger partial charge is 0.186 e. The molecule has 5 atom stereocenters. The van der Waals surface area contributed by atoms with Crippen LogP contribution >= 0.6 is 0 Å². The number of fused-ring (bicyclic) bond motifs is 3. The molecule has 0 saturated carbocycles. The van der Waals surface area contributed by atoms with E-state index >= 15 is 0 Å². The highest BCUT2D eigenvalue weighted by atomic mass is 16.7.